The molecule has 2 aliphatic rings. The molecule has 0 N–H and O–H groups in total. The molecular formula is C35H31ClN8+2. The average molecular weight is 599 g/mol. The van der Waals surface area contributed by atoms with Crippen molar-refractivity contribution in [3.63, 3.8) is 0 Å². The third-order valence-electron chi connectivity index (χ3n) is 10.3. The van der Waals surface area contributed by atoms with Crippen molar-refractivity contribution in [1.82, 2.24) is 29.3 Å². The van der Waals surface area contributed by atoms with E-state index >= 15 is 0 Å². The van der Waals surface area contributed by atoms with Gasteiger partial charge in [0, 0.05) is 71.4 Å². The van der Waals surface area contributed by atoms with Crippen LogP contribution in [0.15, 0.2) is 85.3 Å². The Balaban J connectivity index is 1.40. The van der Waals surface area contributed by atoms with Crippen LogP contribution in [0.5, 0.6) is 0 Å². The highest BCUT2D eigenvalue weighted by Gasteiger charge is 2.52. The van der Waals surface area contributed by atoms with Crippen LogP contribution in [0.3, 0.4) is 0 Å². The van der Waals surface area contributed by atoms with Crippen LogP contribution in [0.2, 0.25) is 5.28 Å². The summed E-state index contributed by atoms with van der Waals surface area (Å²) >= 11 is 6.64. The van der Waals surface area contributed by atoms with Gasteiger partial charge in [0.05, 0.1) is 6.20 Å². The van der Waals surface area contributed by atoms with Crippen LogP contribution >= 0.6 is 11.6 Å². The van der Waals surface area contributed by atoms with E-state index in [1.54, 1.807) is 12.4 Å². The Hall–Kier alpha value is -4.69. The van der Waals surface area contributed by atoms with E-state index in [0.717, 1.165) is 47.6 Å². The molecule has 0 fully saturated rings. The highest BCUT2D eigenvalue weighted by Crippen LogP contribution is 2.48. The molecule has 5 aromatic heterocycles. The maximum Gasteiger partial charge on any atom is 0.349 e. The van der Waals surface area contributed by atoms with E-state index in [2.05, 4.69) is 112 Å². The predicted molar refractivity (Wildman–Crippen MR) is 170 cm³/mol. The number of benzene rings is 2. The number of halogens is 1. The van der Waals surface area contributed by atoms with Crippen molar-refractivity contribution in [2.24, 2.45) is 7.05 Å². The Kier molecular flexibility index (Phi) is 5.36. The Morgan fingerprint density at radius 1 is 0.909 bits per heavy atom. The Labute approximate surface area is 259 Å². The van der Waals surface area contributed by atoms with Crippen LogP contribution in [-0.2, 0) is 12.6 Å². The first-order valence-corrected chi connectivity index (χ1v) is 15.7. The largest absolute Gasteiger partial charge is 0.349 e. The van der Waals surface area contributed by atoms with Gasteiger partial charge in [-0.2, -0.15) is 9.55 Å². The van der Waals surface area contributed by atoms with Crippen LogP contribution in [0, 0.1) is 0 Å². The lowest BCUT2D eigenvalue weighted by molar-refractivity contribution is -0.759. The number of aryl methyl sites for hydroxylation is 1. The molecule has 216 valence electrons. The Morgan fingerprint density at radius 3 is 2.59 bits per heavy atom. The lowest BCUT2D eigenvalue weighted by atomic mass is 9.81. The van der Waals surface area contributed by atoms with Crippen LogP contribution in [0.4, 0.5) is 0 Å². The normalized spacial score (nSPS) is 18.3. The molecular weight excluding hydrogens is 568 g/mol. The molecule has 2 aromatic carbocycles. The van der Waals surface area contributed by atoms with Gasteiger partial charge >= 0.3 is 5.65 Å². The second-order valence-corrected chi connectivity index (χ2v) is 12.5. The van der Waals surface area contributed by atoms with Crippen molar-refractivity contribution >= 4 is 44.6 Å². The van der Waals surface area contributed by atoms with E-state index in [4.69, 9.17) is 31.7 Å². The summed E-state index contributed by atoms with van der Waals surface area (Å²) in [5, 5.41) is 7.67. The van der Waals surface area contributed by atoms with Crippen molar-refractivity contribution in [1.29, 1.82) is 0 Å². The van der Waals surface area contributed by atoms with Crippen molar-refractivity contribution in [3.8, 4) is 22.8 Å². The SMILES string of the molecule is CCC1(CC)CC(C2c3cc4c(cc3-c3ccc5nccnc5[n+]32)c2ccccc2n4C)n2nc(Cl)nc2-c2cccc[n+]21. The summed E-state index contributed by atoms with van der Waals surface area (Å²) in [6.07, 6.45) is 8.53. The molecule has 2 atom stereocenters. The molecule has 0 aliphatic carbocycles. The second kappa shape index (κ2) is 9.16. The van der Waals surface area contributed by atoms with Crippen LogP contribution in [0.25, 0.3) is 55.7 Å². The van der Waals surface area contributed by atoms with E-state index < -0.39 is 0 Å². The molecule has 0 bridgehead atoms. The van der Waals surface area contributed by atoms with Crippen molar-refractivity contribution in [3.05, 3.63) is 96.2 Å². The zero-order valence-electron chi connectivity index (χ0n) is 24.8. The van der Waals surface area contributed by atoms with Gasteiger partial charge in [0.25, 0.3) is 5.69 Å². The summed E-state index contributed by atoms with van der Waals surface area (Å²) in [4.78, 5) is 14.5. The lowest BCUT2D eigenvalue weighted by Crippen LogP contribution is -2.57. The zero-order chi connectivity index (χ0) is 29.7. The summed E-state index contributed by atoms with van der Waals surface area (Å²) in [6, 6.07) is 23.8. The number of pyridine rings is 2. The summed E-state index contributed by atoms with van der Waals surface area (Å²) < 4.78 is 9.22. The van der Waals surface area contributed by atoms with E-state index in [0.29, 0.717) is 0 Å². The van der Waals surface area contributed by atoms with Gasteiger partial charge < -0.3 is 4.57 Å². The van der Waals surface area contributed by atoms with Crippen molar-refractivity contribution in [2.75, 3.05) is 0 Å². The third-order valence-corrected chi connectivity index (χ3v) is 10.5. The highest BCUT2D eigenvalue weighted by molar-refractivity contribution is 6.28. The van der Waals surface area contributed by atoms with Gasteiger partial charge in [-0.15, -0.1) is 5.10 Å². The molecule has 2 unspecified atom stereocenters. The van der Waals surface area contributed by atoms with E-state index in [-0.39, 0.29) is 22.9 Å². The van der Waals surface area contributed by atoms with E-state index in [1.807, 2.05) is 0 Å². The first-order chi connectivity index (χ1) is 21.5. The molecule has 0 spiro atoms. The summed E-state index contributed by atoms with van der Waals surface area (Å²) in [5.41, 5.74) is 8.64. The number of rotatable bonds is 3. The van der Waals surface area contributed by atoms with Crippen molar-refractivity contribution < 1.29 is 9.13 Å². The summed E-state index contributed by atoms with van der Waals surface area (Å²) in [5.74, 6) is 0.789. The molecule has 44 heavy (non-hydrogen) atoms. The Bertz CT molecular complexity index is 2300. The molecule has 8 nitrogen and oxygen atoms in total. The molecule has 0 saturated heterocycles. The summed E-state index contributed by atoms with van der Waals surface area (Å²) in [6.45, 7) is 4.59. The number of hydrogen-bond donors (Lipinski definition) is 0. The van der Waals surface area contributed by atoms with Crippen LogP contribution in [0.1, 0.15) is 50.8 Å². The summed E-state index contributed by atoms with van der Waals surface area (Å²) in [7, 11) is 2.16. The number of hydrogen-bond acceptors (Lipinski definition) is 4. The quantitative estimate of drug-likeness (QED) is 0.218. The zero-order valence-corrected chi connectivity index (χ0v) is 25.6. The second-order valence-electron chi connectivity index (χ2n) is 12.1. The van der Waals surface area contributed by atoms with E-state index in [1.165, 1.54) is 32.9 Å². The van der Waals surface area contributed by atoms with Gasteiger partial charge in [-0.05, 0) is 53.0 Å². The van der Waals surface area contributed by atoms with Crippen LogP contribution < -0.4 is 9.13 Å². The maximum atomic E-state index is 6.64. The molecule has 9 heteroatoms. The maximum absolute atomic E-state index is 6.64. The fourth-order valence-corrected chi connectivity index (χ4v) is 8.31. The Morgan fingerprint density at radius 2 is 1.73 bits per heavy atom. The predicted octanol–water partition coefficient (Wildman–Crippen LogP) is 6.49. The lowest BCUT2D eigenvalue weighted by Gasteiger charge is -2.31. The first-order valence-electron chi connectivity index (χ1n) is 15.3. The van der Waals surface area contributed by atoms with Gasteiger partial charge in [-0.1, -0.05) is 32.0 Å². The topological polar surface area (TPSA) is 69.2 Å². The molecule has 7 heterocycles. The molecule has 0 saturated carbocycles. The van der Waals surface area contributed by atoms with Crippen LogP contribution in [-0.4, -0.2) is 29.3 Å². The third kappa shape index (κ3) is 3.29. The minimum absolute atomic E-state index is 0.102. The smallest absolute Gasteiger partial charge is 0.344 e. The molecule has 0 amide bonds. The molecule has 7 aromatic rings. The highest BCUT2D eigenvalue weighted by atomic mass is 35.5. The standard InChI is InChI=1S/C35H31ClN8/c1-4-35(5-2)20-30(44-33(39-34(36)40-44)28-12-8-9-17-42(28)35)31-24-19-29-22(21-10-6-7-11-26(21)41(29)3)18-23(24)27-14-13-25-32(43(27)31)38-16-15-37-25/h6-19,30-31H,4-5,20H2,1-3H3/q+2. The number of aromatic nitrogens is 8. The number of para-hydroxylation sites is 1. The molecule has 2 aliphatic heterocycles. The number of nitrogens with zero attached hydrogens (tertiary/aromatic N) is 8. The molecule has 0 radical (unpaired) electrons. The van der Waals surface area contributed by atoms with Gasteiger partial charge in [0.1, 0.15) is 11.7 Å². The fraction of sp³-hybridized carbons (Fsp3) is 0.257. The minimum atomic E-state index is -0.153. The fourth-order valence-electron chi connectivity index (χ4n) is 8.15. The van der Waals surface area contributed by atoms with Crippen molar-refractivity contribution in [2.45, 2.75) is 50.7 Å². The van der Waals surface area contributed by atoms with E-state index in [9.17, 15) is 0 Å². The first kappa shape index (κ1) is 25.8. The van der Waals surface area contributed by atoms with Gasteiger partial charge in [0.15, 0.2) is 29.5 Å². The molecule has 9 rings (SSSR count). The monoisotopic (exact) mass is 598 g/mol. The minimum Gasteiger partial charge on any atom is -0.344 e. The average Bonchev–Trinajstić information content (AvgIpc) is 3.68. The number of fused-ring (bicyclic) bond motifs is 11. The van der Waals surface area contributed by atoms with Gasteiger partial charge in [-0.25, -0.2) is 14.2 Å². The van der Waals surface area contributed by atoms with Gasteiger partial charge in [-0.3, -0.25) is 0 Å². The van der Waals surface area contributed by atoms with Gasteiger partial charge in [0.2, 0.25) is 11.1 Å².